The summed E-state index contributed by atoms with van der Waals surface area (Å²) in [5, 5.41) is 4.88. The Bertz CT molecular complexity index is 2750. The topological polar surface area (TPSA) is 43.6 Å². The van der Waals surface area contributed by atoms with E-state index in [4.69, 9.17) is 11.8 Å². The number of aromatic nitrogens is 4. The Balaban J connectivity index is 1.22. The summed E-state index contributed by atoms with van der Waals surface area (Å²) in [4.78, 5) is 14.1. The third-order valence-electron chi connectivity index (χ3n) is 7.95. The van der Waals surface area contributed by atoms with E-state index in [-0.39, 0.29) is 23.5 Å². The minimum absolute atomic E-state index is 0.0136. The van der Waals surface area contributed by atoms with Crippen molar-refractivity contribution >= 4 is 53.3 Å². The van der Waals surface area contributed by atoms with E-state index in [0.29, 0.717) is 22.8 Å². The highest BCUT2D eigenvalue weighted by atomic mass is 32.1. The first-order valence-electron chi connectivity index (χ1n) is 16.7. The zero-order chi connectivity index (χ0) is 33.4. The normalized spacial score (nSPS) is 13.2. The summed E-state index contributed by atoms with van der Waals surface area (Å²) in [5.74, 6) is 0.683. The monoisotopic (exact) mass is 585 g/mol. The van der Waals surface area contributed by atoms with Crippen LogP contribution in [0.2, 0.25) is 0 Å². The molecular weight excluding hydrogens is 557 g/mol. The van der Waals surface area contributed by atoms with Crippen molar-refractivity contribution in [3.63, 3.8) is 0 Å². The molecule has 0 fully saturated rings. The number of rotatable bonds is 4. The van der Waals surface area contributed by atoms with Crippen LogP contribution in [-0.2, 0) is 0 Å². The molecule has 0 aliphatic rings. The average molecular weight is 586 g/mol. The fraction of sp³-hybridized carbons (Fsp3) is 0. The van der Waals surface area contributed by atoms with E-state index in [1.807, 2.05) is 54.6 Å². The van der Waals surface area contributed by atoms with Crippen LogP contribution in [0.3, 0.4) is 0 Å². The fourth-order valence-electron chi connectivity index (χ4n) is 5.92. The second-order valence-electron chi connectivity index (χ2n) is 10.5. The van der Waals surface area contributed by atoms with Gasteiger partial charge in [-0.05, 0) is 48.5 Å². The lowest BCUT2D eigenvalue weighted by Crippen LogP contribution is -2.00. The molecule has 0 aliphatic heterocycles. The average Bonchev–Trinajstić information content (AvgIpc) is 3.67. The quantitative estimate of drug-likeness (QED) is 0.206. The van der Waals surface area contributed by atoms with Gasteiger partial charge in [0.2, 0.25) is 0 Å². The lowest BCUT2D eigenvalue weighted by atomic mass is 10.1. The van der Waals surface area contributed by atoms with Gasteiger partial charge in [0.1, 0.15) is 0 Å². The van der Waals surface area contributed by atoms with E-state index in [0.717, 1.165) is 16.7 Å². The van der Waals surface area contributed by atoms with Gasteiger partial charge < -0.3 is 4.57 Å². The molecule has 9 rings (SSSR count). The molecule has 0 saturated carbocycles. The highest BCUT2D eigenvalue weighted by molar-refractivity contribution is 7.25. The van der Waals surface area contributed by atoms with E-state index in [1.165, 1.54) is 30.9 Å². The first-order chi connectivity index (χ1) is 23.9. The Hall–Kier alpha value is -5.65. The number of fused-ring (bicyclic) bond motifs is 6. The molecular formula is C39H24N4S. The van der Waals surface area contributed by atoms with Gasteiger partial charge in [0.25, 0.3) is 0 Å². The fourth-order valence-corrected chi connectivity index (χ4v) is 7.04. The SMILES string of the molecule is [2H]c1c([2H])c([2H])c(-c2nc(-c3ccccc3)nc(-c3ccc(-n4c5ccccc5c5cc6c(cc54)sc4ccccc46)cc3)n2)c([2H])c1[2H]. The van der Waals surface area contributed by atoms with Crippen molar-refractivity contribution in [1.29, 1.82) is 0 Å². The lowest BCUT2D eigenvalue weighted by molar-refractivity contribution is 1.07. The summed E-state index contributed by atoms with van der Waals surface area (Å²) in [6.45, 7) is 0. The molecule has 4 nitrogen and oxygen atoms in total. The van der Waals surface area contributed by atoms with E-state index >= 15 is 0 Å². The maximum atomic E-state index is 8.57. The molecule has 0 atom stereocenters. The second-order valence-corrected chi connectivity index (χ2v) is 11.6. The minimum atomic E-state index is -0.468. The van der Waals surface area contributed by atoms with Crippen molar-refractivity contribution in [2.24, 2.45) is 0 Å². The smallest absolute Gasteiger partial charge is 0.164 e. The van der Waals surface area contributed by atoms with Crippen LogP contribution in [0, 0.1) is 0 Å². The minimum Gasteiger partial charge on any atom is -0.309 e. The van der Waals surface area contributed by atoms with Crippen LogP contribution in [0.25, 0.3) is 81.8 Å². The van der Waals surface area contributed by atoms with Gasteiger partial charge in [-0.3, -0.25) is 0 Å². The Morgan fingerprint density at radius 1 is 0.477 bits per heavy atom. The number of hydrogen-bond acceptors (Lipinski definition) is 4. The molecule has 6 aromatic carbocycles. The number of benzene rings is 6. The van der Waals surface area contributed by atoms with E-state index in [1.54, 1.807) is 11.3 Å². The summed E-state index contributed by atoms with van der Waals surface area (Å²) >= 11 is 1.80. The first-order valence-corrected chi connectivity index (χ1v) is 15.0. The van der Waals surface area contributed by atoms with Crippen molar-refractivity contribution in [2.75, 3.05) is 0 Å². The maximum absolute atomic E-state index is 8.57. The molecule has 0 amide bonds. The highest BCUT2D eigenvalue weighted by Crippen LogP contribution is 2.40. The first kappa shape index (κ1) is 20.3. The summed E-state index contributed by atoms with van der Waals surface area (Å²) in [7, 11) is 0. The van der Waals surface area contributed by atoms with Crippen molar-refractivity contribution in [3.05, 3.63) is 145 Å². The Kier molecular flexibility index (Phi) is 4.60. The van der Waals surface area contributed by atoms with Gasteiger partial charge in [0.05, 0.1) is 17.9 Å². The van der Waals surface area contributed by atoms with Crippen LogP contribution in [0.15, 0.2) is 145 Å². The van der Waals surface area contributed by atoms with E-state index in [2.05, 4.69) is 75.2 Å². The molecule has 3 heterocycles. The molecule has 9 aromatic rings. The predicted molar refractivity (Wildman–Crippen MR) is 183 cm³/mol. The maximum Gasteiger partial charge on any atom is 0.164 e. The van der Waals surface area contributed by atoms with Crippen LogP contribution in [0.5, 0.6) is 0 Å². The Labute approximate surface area is 264 Å². The third-order valence-corrected chi connectivity index (χ3v) is 9.08. The van der Waals surface area contributed by atoms with Gasteiger partial charge in [0, 0.05) is 53.3 Å². The van der Waals surface area contributed by atoms with Crippen LogP contribution < -0.4 is 0 Å². The van der Waals surface area contributed by atoms with Gasteiger partial charge in [-0.2, -0.15) is 0 Å². The molecule has 3 aromatic heterocycles. The van der Waals surface area contributed by atoms with Crippen LogP contribution in [0.1, 0.15) is 6.85 Å². The van der Waals surface area contributed by atoms with Crippen molar-refractivity contribution in [1.82, 2.24) is 19.5 Å². The Morgan fingerprint density at radius 2 is 1.11 bits per heavy atom. The summed E-state index contributed by atoms with van der Waals surface area (Å²) in [5.41, 5.74) is 4.53. The van der Waals surface area contributed by atoms with Crippen molar-refractivity contribution in [2.45, 2.75) is 0 Å². The molecule has 0 N–H and O–H groups in total. The zero-order valence-corrected chi connectivity index (χ0v) is 24.0. The third kappa shape index (κ3) is 4.02. The van der Waals surface area contributed by atoms with E-state index in [9.17, 15) is 0 Å². The lowest BCUT2D eigenvalue weighted by Gasteiger charge is -2.11. The van der Waals surface area contributed by atoms with Gasteiger partial charge in [-0.1, -0.05) is 96.9 Å². The molecule has 0 unspecified atom stereocenters. The van der Waals surface area contributed by atoms with Gasteiger partial charge in [0.15, 0.2) is 17.5 Å². The van der Waals surface area contributed by atoms with Crippen molar-refractivity contribution in [3.8, 4) is 39.9 Å². The van der Waals surface area contributed by atoms with Crippen LogP contribution >= 0.6 is 11.3 Å². The van der Waals surface area contributed by atoms with Crippen LogP contribution in [-0.4, -0.2) is 19.5 Å². The largest absolute Gasteiger partial charge is 0.309 e. The molecule has 44 heavy (non-hydrogen) atoms. The van der Waals surface area contributed by atoms with Gasteiger partial charge in [-0.15, -0.1) is 11.3 Å². The van der Waals surface area contributed by atoms with Crippen molar-refractivity contribution < 1.29 is 6.85 Å². The Morgan fingerprint density at radius 3 is 1.89 bits per heavy atom. The summed E-state index contributed by atoms with van der Waals surface area (Å²) in [6.07, 6.45) is 0. The molecule has 206 valence electrons. The molecule has 0 spiro atoms. The molecule has 0 radical (unpaired) electrons. The number of thiophene rings is 1. The predicted octanol–water partition coefficient (Wildman–Crippen LogP) is 10.3. The summed E-state index contributed by atoms with van der Waals surface area (Å²) < 4.78 is 46.4. The van der Waals surface area contributed by atoms with Gasteiger partial charge >= 0.3 is 0 Å². The van der Waals surface area contributed by atoms with E-state index < -0.39 is 18.1 Å². The number of para-hydroxylation sites is 1. The molecule has 0 aliphatic carbocycles. The molecule has 5 heteroatoms. The van der Waals surface area contributed by atoms with Crippen LogP contribution in [0.4, 0.5) is 0 Å². The molecule has 0 bridgehead atoms. The number of hydrogen-bond donors (Lipinski definition) is 0. The molecule has 0 saturated heterocycles. The van der Waals surface area contributed by atoms with Gasteiger partial charge in [-0.25, -0.2) is 15.0 Å². The second kappa shape index (κ2) is 9.97. The zero-order valence-electron chi connectivity index (χ0n) is 28.2. The highest BCUT2D eigenvalue weighted by Gasteiger charge is 2.16. The number of nitrogens with zero attached hydrogens (tertiary/aromatic N) is 4. The standard InChI is InChI=1S/C39H24N4S/c1-3-11-25(12-4-1)37-40-38(26-13-5-2-6-14-26)42-39(41-37)27-19-21-28(22-20-27)43-33-17-9-7-15-29(33)31-23-32-30-16-8-10-18-35(30)44-36(32)24-34(31)43/h1-24H/i1D,3D,4D,11D,12D. The summed E-state index contributed by atoms with van der Waals surface area (Å²) in [6, 6.07) is 36.8.